The number of ketones is 1. The number of hydrogen-bond donors (Lipinski definition) is 2. The zero-order chi connectivity index (χ0) is 13.8. The average molecular weight is 256 g/mol. The highest BCUT2D eigenvalue weighted by atomic mass is 16.3. The molecule has 0 amide bonds. The Bertz CT molecular complexity index is 585. The Morgan fingerprint density at radius 2 is 1.74 bits per heavy atom. The van der Waals surface area contributed by atoms with E-state index in [4.69, 9.17) is 5.11 Å². The van der Waals surface area contributed by atoms with Crippen LogP contribution >= 0.6 is 0 Å². The fourth-order valence-electron chi connectivity index (χ4n) is 1.92. The average Bonchev–Trinajstić information content (AvgIpc) is 2.40. The van der Waals surface area contributed by atoms with E-state index in [2.05, 4.69) is 0 Å². The number of Topliss-reactive ketones (excluding diaryl/α,β-unsaturated/α-hetero) is 1. The lowest BCUT2D eigenvalue weighted by Crippen LogP contribution is -2.01. The highest BCUT2D eigenvalue weighted by molar-refractivity contribution is 5.96. The van der Waals surface area contributed by atoms with Crippen LogP contribution in [0.15, 0.2) is 42.5 Å². The van der Waals surface area contributed by atoms with E-state index in [0.717, 1.165) is 11.1 Å². The van der Waals surface area contributed by atoms with Gasteiger partial charge in [-0.2, -0.15) is 0 Å². The second-order valence-electron chi connectivity index (χ2n) is 4.59. The van der Waals surface area contributed by atoms with Gasteiger partial charge in [0.2, 0.25) is 0 Å². The number of phenolic OH excluding ortho intramolecular Hbond substituents is 2. The predicted octanol–water partition coefficient (Wildman–Crippen LogP) is 3.22. The lowest BCUT2D eigenvalue weighted by Gasteiger charge is -2.04. The van der Waals surface area contributed by atoms with Crippen LogP contribution in [0, 0.1) is 6.92 Å². The van der Waals surface area contributed by atoms with Gasteiger partial charge < -0.3 is 10.2 Å². The van der Waals surface area contributed by atoms with Crippen LogP contribution in [-0.4, -0.2) is 16.0 Å². The van der Waals surface area contributed by atoms with Gasteiger partial charge in [-0.3, -0.25) is 4.79 Å². The van der Waals surface area contributed by atoms with Crippen molar-refractivity contribution in [3.05, 3.63) is 59.2 Å². The normalized spacial score (nSPS) is 10.4. The molecule has 0 aliphatic carbocycles. The summed E-state index contributed by atoms with van der Waals surface area (Å²) in [6, 6.07) is 11.6. The van der Waals surface area contributed by atoms with E-state index in [1.807, 2.05) is 19.1 Å². The standard InChI is InChI=1S/C16H16O3/c1-11-10-12(2-8-15(11)18)3-9-16(19)13-4-6-14(17)7-5-13/h2,4-8,10,17-18H,3,9H2,1H3. The number of phenols is 2. The van der Waals surface area contributed by atoms with Gasteiger partial charge in [-0.05, 0) is 54.8 Å². The van der Waals surface area contributed by atoms with E-state index in [1.165, 1.54) is 12.1 Å². The minimum Gasteiger partial charge on any atom is -0.508 e. The smallest absolute Gasteiger partial charge is 0.163 e. The van der Waals surface area contributed by atoms with Crippen molar-refractivity contribution in [2.24, 2.45) is 0 Å². The number of aromatic hydroxyl groups is 2. The van der Waals surface area contributed by atoms with E-state index in [-0.39, 0.29) is 17.3 Å². The molecule has 0 fully saturated rings. The van der Waals surface area contributed by atoms with Crippen LogP contribution < -0.4 is 0 Å². The zero-order valence-electron chi connectivity index (χ0n) is 10.8. The van der Waals surface area contributed by atoms with Gasteiger partial charge in [0.05, 0.1) is 0 Å². The molecule has 2 N–H and O–H groups in total. The van der Waals surface area contributed by atoms with Crippen molar-refractivity contribution in [3.8, 4) is 11.5 Å². The number of benzene rings is 2. The molecule has 3 nitrogen and oxygen atoms in total. The highest BCUT2D eigenvalue weighted by Gasteiger charge is 2.07. The molecule has 2 aromatic rings. The quantitative estimate of drug-likeness (QED) is 0.826. The summed E-state index contributed by atoms with van der Waals surface area (Å²) in [7, 11) is 0. The maximum Gasteiger partial charge on any atom is 0.163 e. The van der Waals surface area contributed by atoms with Gasteiger partial charge in [0.25, 0.3) is 0 Å². The Kier molecular flexibility index (Phi) is 3.85. The van der Waals surface area contributed by atoms with Crippen LogP contribution in [0.4, 0.5) is 0 Å². The van der Waals surface area contributed by atoms with Crippen molar-refractivity contribution in [3.63, 3.8) is 0 Å². The molecule has 0 aromatic heterocycles. The first-order valence-electron chi connectivity index (χ1n) is 6.17. The van der Waals surface area contributed by atoms with Gasteiger partial charge in [-0.25, -0.2) is 0 Å². The Hall–Kier alpha value is -2.29. The number of aryl methyl sites for hydroxylation is 2. The summed E-state index contributed by atoms with van der Waals surface area (Å²) in [5.41, 5.74) is 2.45. The molecule has 0 spiro atoms. The largest absolute Gasteiger partial charge is 0.508 e. The van der Waals surface area contributed by atoms with Gasteiger partial charge in [0.1, 0.15) is 11.5 Å². The van der Waals surface area contributed by atoms with Crippen LogP contribution in [0.25, 0.3) is 0 Å². The van der Waals surface area contributed by atoms with Gasteiger partial charge in [0, 0.05) is 12.0 Å². The third-order valence-corrected chi connectivity index (χ3v) is 3.09. The van der Waals surface area contributed by atoms with Gasteiger partial charge in [0.15, 0.2) is 5.78 Å². The summed E-state index contributed by atoms with van der Waals surface area (Å²) in [5, 5.41) is 18.6. The van der Waals surface area contributed by atoms with Crippen molar-refractivity contribution in [1.29, 1.82) is 0 Å². The molecule has 0 aliphatic heterocycles. The van der Waals surface area contributed by atoms with Crippen LogP contribution in [0.5, 0.6) is 11.5 Å². The van der Waals surface area contributed by atoms with E-state index in [9.17, 15) is 9.90 Å². The van der Waals surface area contributed by atoms with Crippen molar-refractivity contribution >= 4 is 5.78 Å². The van der Waals surface area contributed by atoms with E-state index < -0.39 is 0 Å². The third kappa shape index (κ3) is 3.35. The third-order valence-electron chi connectivity index (χ3n) is 3.09. The first-order chi connectivity index (χ1) is 9.06. The first-order valence-corrected chi connectivity index (χ1v) is 6.17. The van der Waals surface area contributed by atoms with Crippen LogP contribution in [0.2, 0.25) is 0 Å². The predicted molar refractivity (Wildman–Crippen MR) is 73.6 cm³/mol. The monoisotopic (exact) mass is 256 g/mol. The number of carbonyl (C=O) groups excluding carboxylic acids is 1. The summed E-state index contributed by atoms with van der Waals surface area (Å²) in [6.07, 6.45) is 1.05. The van der Waals surface area contributed by atoms with E-state index >= 15 is 0 Å². The van der Waals surface area contributed by atoms with Crippen LogP contribution in [-0.2, 0) is 6.42 Å². The van der Waals surface area contributed by atoms with Crippen molar-refractivity contribution in [2.75, 3.05) is 0 Å². The van der Waals surface area contributed by atoms with Crippen molar-refractivity contribution in [2.45, 2.75) is 19.8 Å². The fraction of sp³-hybridized carbons (Fsp3) is 0.188. The summed E-state index contributed by atoms with van der Waals surface area (Å²) < 4.78 is 0. The van der Waals surface area contributed by atoms with Gasteiger partial charge >= 0.3 is 0 Å². The molecule has 0 unspecified atom stereocenters. The molecule has 3 heteroatoms. The first kappa shape index (κ1) is 13.1. The minimum absolute atomic E-state index is 0.0470. The Balaban J connectivity index is 2.00. The molecule has 98 valence electrons. The summed E-state index contributed by atoms with van der Waals surface area (Å²) in [6.45, 7) is 1.83. The van der Waals surface area contributed by atoms with Gasteiger partial charge in [-0.15, -0.1) is 0 Å². The topological polar surface area (TPSA) is 57.5 Å². The number of rotatable bonds is 4. The molecule has 0 aliphatic rings. The molecular formula is C16H16O3. The highest BCUT2D eigenvalue weighted by Crippen LogP contribution is 2.19. The molecule has 0 saturated carbocycles. The molecule has 19 heavy (non-hydrogen) atoms. The molecular weight excluding hydrogens is 240 g/mol. The molecule has 2 rings (SSSR count). The van der Waals surface area contributed by atoms with Crippen LogP contribution in [0.1, 0.15) is 27.9 Å². The Labute approximate surface area is 112 Å². The molecule has 0 atom stereocenters. The fourth-order valence-corrected chi connectivity index (χ4v) is 1.92. The van der Waals surface area contributed by atoms with E-state index in [1.54, 1.807) is 18.2 Å². The molecule has 2 aromatic carbocycles. The molecule has 0 radical (unpaired) electrons. The SMILES string of the molecule is Cc1cc(CCC(=O)c2ccc(O)cc2)ccc1O. The number of hydrogen-bond acceptors (Lipinski definition) is 3. The van der Waals surface area contributed by atoms with E-state index in [0.29, 0.717) is 18.4 Å². The maximum atomic E-state index is 12.0. The Morgan fingerprint density at radius 1 is 1.05 bits per heavy atom. The number of carbonyl (C=O) groups is 1. The lowest BCUT2D eigenvalue weighted by molar-refractivity contribution is 0.0983. The summed E-state index contributed by atoms with van der Waals surface area (Å²) in [4.78, 5) is 12.0. The minimum atomic E-state index is 0.0470. The Morgan fingerprint density at radius 3 is 2.37 bits per heavy atom. The molecule has 0 saturated heterocycles. The lowest BCUT2D eigenvalue weighted by atomic mass is 10.0. The second-order valence-corrected chi connectivity index (χ2v) is 4.59. The van der Waals surface area contributed by atoms with Gasteiger partial charge in [-0.1, -0.05) is 12.1 Å². The summed E-state index contributed by atoms with van der Waals surface area (Å²) >= 11 is 0. The maximum absolute atomic E-state index is 12.0. The van der Waals surface area contributed by atoms with Crippen LogP contribution in [0.3, 0.4) is 0 Å². The van der Waals surface area contributed by atoms with Crippen molar-refractivity contribution in [1.82, 2.24) is 0 Å². The summed E-state index contributed by atoms with van der Waals surface area (Å²) in [5.74, 6) is 0.477. The molecule has 0 bridgehead atoms. The second kappa shape index (κ2) is 5.57. The van der Waals surface area contributed by atoms with Crippen molar-refractivity contribution < 1.29 is 15.0 Å². The molecule has 0 heterocycles. The zero-order valence-corrected chi connectivity index (χ0v) is 10.8.